The van der Waals surface area contributed by atoms with Crippen LogP contribution in [0.5, 0.6) is 0 Å². The van der Waals surface area contributed by atoms with Crippen molar-refractivity contribution in [2.75, 3.05) is 7.05 Å². The SMILES string of the molecule is CN(Cc1nc2c(C(=O)NCc3nc4ccccc4[nH]3)cccc2[nH]1)C1CCCc2cccnc21. The number of hydrogen-bond acceptors (Lipinski definition) is 5. The van der Waals surface area contributed by atoms with E-state index in [0.717, 1.165) is 47.5 Å². The third-order valence-corrected chi connectivity index (χ3v) is 6.76. The van der Waals surface area contributed by atoms with Crippen molar-refractivity contribution in [3.63, 3.8) is 0 Å². The Labute approximate surface area is 202 Å². The Morgan fingerprint density at radius 3 is 2.80 bits per heavy atom. The van der Waals surface area contributed by atoms with E-state index >= 15 is 0 Å². The normalized spacial score (nSPS) is 15.5. The highest BCUT2D eigenvalue weighted by Crippen LogP contribution is 2.32. The van der Waals surface area contributed by atoms with Gasteiger partial charge in [0.15, 0.2) is 0 Å². The summed E-state index contributed by atoms with van der Waals surface area (Å²) in [5.41, 5.74) is 6.43. The van der Waals surface area contributed by atoms with Gasteiger partial charge in [-0.1, -0.05) is 24.3 Å². The maximum atomic E-state index is 13.0. The largest absolute Gasteiger partial charge is 0.345 e. The second-order valence-corrected chi connectivity index (χ2v) is 9.14. The Morgan fingerprint density at radius 2 is 1.89 bits per heavy atom. The summed E-state index contributed by atoms with van der Waals surface area (Å²) in [7, 11) is 2.11. The molecule has 6 rings (SSSR count). The molecule has 3 N–H and O–H groups in total. The lowest BCUT2D eigenvalue weighted by Crippen LogP contribution is -2.28. The molecule has 176 valence electrons. The van der Waals surface area contributed by atoms with E-state index in [1.807, 2.05) is 54.7 Å². The molecule has 1 aliphatic carbocycles. The van der Waals surface area contributed by atoms with Crippen molar-refractivity contribution in [2.45, 2.75) is 38.4 Å². The number of hydrogen-bond donors (Lipinski definition) is 3. The van der Waals surface area contributed by atoms with E-state index in [9.17, 15) is 4.79 Å². The van der Waals surface area contributed by atoms with Gasteiger partial charge >= 0.3 is 0 Å². The molecule has 1 amide bonds. The third-order valence-electron chi connectivity index (χ3n) is 6.76. The number of aromatic amines is 2. The molecule has 5 aromatic rings. The highest BCUT2D eigenvalue weighted by atomic mass is 16.1. The van der Waals surface area contributed by atoms with Gasteiger partial charge in [-0.2, -0.15) is 0 Å². The van der Waals surface area contributed by atoms with Crippen molar-refractivity contribution in [3.05, 3.63) is 89.3 Å². The smallest absolute Gasteiger partial charge is 0.253 e. The second kappa shape index (κ2) is 8.96. The predicted molar refractivity (Wildman–Crippen MR) is 135 cm³/mol. The fourth-order valence-electron chi connectivity index (χ4n) is 5.05. The van der Waals surface area contributed by atoms with Crippen LogP contribution in [0.15, 0.2) is 60.8 Å². The third kappa shape index (κ3) is 4.17. The van der Waals surface area contributed by atoms with E-state index in [4.69, 9.17) is 4.98 Å². The standard InChI is InChI=1S/C27H27N7O/c1-34(22-13-4-7-17-8-6-14-28-25(17)22)16-24-32-21-12-5-9-18(26(21)33-24)27(35)29-15-23-30-19-10-2-3-11-20(19)31-23/h2-3,5-6,8-12,14,22H,4,7,13,15-16H2,1H3,(H,29,35)(H,30,31)(H,32,33). The van der Waals surface area contributed by atoms with Crippen molar-refractivity contribution in [1.82, 2.24) is 35.1 Å². The molecule has 1 atom stereocenters. The molecule has 3 aromatic heterocycles. The van der Waals surface area contributed by atoms with Gasteiger partial charge in [0.05, 0.1) is 46.9 Å². The monoisotopic (exact) mass is 465 g/mol. The van der Waals surface area contributed by atoms with Crippen LogP contribution >= 0.6 is 0 Å². The van der Waals surface area contributed by atoms with Crippen LogP contribution < -0.4 is 5.32 Å². The van der Waals surface area contributed by atoms with E-state index in [1.54, 1.807) is 0 Å². The Balaban J connectivity index is 1.19. The highest BCUT2D eigenvalue weighted by molar-refractivity contribution is 6.04. The van der Waals surface area contributed by atoms with Gasteiger partial charge in [0, 0.05) is 6.20 Å². The number of H-pyrrole nitrogens is 2. The number of rotatable bonds is 6. The average molecular weight is 466 g/mol. The molecule has 0 bridgehead atoms. The second-order valence-electron chi connectivity index (χ2n) is 9.14. The van der Waals surface area contributed by atoms with Crippen LogP contribution in [0, 0.1) is 0 Å². The number of carbonyl (C=O) groups excluding carboxylic acids is 1. The molecule has 0 saturated heterocycles. The number of para-hydroxylation sites is 3. The lowest BCUT2D eigenvalue weighted by atomic mass is 9.91. The van der Waals surface area contributed by atoms with Gasteiger partial charge in [-0.05, 0) is 62.2 Å². The molecule has 0 radical (unpaired) electrons. The zero-order chi connectivity index (χ0) is 23.8. The molecule has 2 aromatic carbocycles. The summed E-state index contributed by atoms with van der Waals surface area (Å²) >= 11 is 0. The summed E-state index contributed by atoms with van der Waals surface area (Å²) < 4.78 is 0. The summed E-state index contributed by atoms with van der Waals surface area (Å²) in [4.78, 5) is 36.0. The van der Waals surface area contributed by atoms with Gasteiger partial charge in [-0.15, -0.1) is 0 Å². The molecule has 1 unspecified atom stereocenters. The maximum Gasteiger partial charge on any atom is 0.253 e. The summed E-state index contributed by atoms with van der Waals surface area (Å²) in [6, 6.07) is 17.9. The van der Waals surface area contributed by atoms with Crippen LogP contribution in [0.3, 0.4) is 0 Å². The van der Waals surface area contributed by atoms with Gasteiger partial charge in [0.25, 0.3) is 5.91 Å². The number of nitrogens with zero attached hydrogens (tertiary/aromatic N) is 4. The van der Waals surface area contributed by atoms with Crippen LogP contribution in [-0.2, 0) is 19.5 Å². The van der Waals surface area contributed by atoms with Crippen LogP contribution in [0.1, 0.15) is 52.1 Å². The molecule has 0 spiro atoms. The van der Waals surface area contributed by atoms with Crippen molar-refractivity contribution in [2.24, 2.45) is 0 Å². The summed E-state index contributed by atoms with van der Waals surface area (Å²) in [6.45, 7) is 0.966. The van der Waals surface area contributed by atoms with E-state index in [2.05, 4.69) is 43.3 Å². The Kier molecular flexibility index (Phi) is 5.50. The number of fused-ring (bicyclic) bond motifs is 3. The zero-order valence-corrected chi connectivity index (χ0v) is 19.6. The van der Waals surface area contributed by atoms with Gasteiger partial charge in [-0.25, -0.2) is 9.97 Å². The minimum atomic E-state index is -0.173. The highest BCUT2D eigenvalue weighted by Gasteiger charge is 2.25. The van der Waals surface area contributed by atoms with Gasteiger partial charge in [-0.3, -0.25) is 14.7 Å². The minimum absolute atomic E-state index is 0.173. The van der Waals surface area contributed by atoms with E-state index in [1.165, 1.54) is 11.3 Å². The van der Waals surface area contributed by atoms with E-state index < -0.39 is 0 Å². The lowest BCUT2D eigenvalue weighted by molar-refractivity contribution is 0.0951. The number of imidazole rings is 2. The summed E-state index contributed by atoms with van der Waals surface area (Å²) in [6.07, 6.45) is 5.20. The summed E-state index contributed by atoms with van der Waals surface area (Å²) in [5, 5.41) is 2.98. The molecule has 35 heavy (non-hydrogen) atoms. The quantitative estimate of drug-likeness (QED) is 0.347. The number of aromatic nitrogens is 5. The molecular formula is C27H27N7O. The fourth-order valence-corrected chi connectivity index (χ4v) is 5.05. The first kappa shape index (κ1) is 21.5. The molecule has 8 heteroatoms. The zero-order valence-electron chi connectivity index (χ0n) is 19.6. The molecule has 1 aliphatic rings. The molecular weight excluding hydrogens is 438 g/mol. The fraction of sp³-hybridized carbons (Fsp3) is 0.259. The first-order valence-corrected chi connectivity index (χ1v) is 12.0. The maximum absolute atomic E-state index is 13.0. The van der Waals surface area contributed by atoms with Crippen molar-refractivity contribution >= 4 is 28.0 Å². The van der Waals surface area contributed by atoms with E-state index in [-0.39, 0.29) is 11.9 Å². The topological polar surface area (TPSA) is 103 Å². The Bertz CT molecular complexity index is 1490. The van der Waals surface area contributed by atoms with Crippen molar-refractivity contribution in [3.8, 4) is 0 Å². The molecule has 8 nitrogen and oxygen atoms in total. The Hall–Kier alpha value is -4.04. The number of nitrogens with one attached hydrogen (secondary N) is 3. The molecule has 3 heterocycles. The van der Waals surface area contributed by atoms with Gasteiger partial charge in [0.1, 0.15) is 17.2 Å². The van der Waals surface area contributed by atoms with Gasteiger partial charge < -0.3 is 15.3 Å². The van der Waals surface area contributed by atoms with Gasteiger partial charge in [0.2, 0.25) is 0 Å². The van der Waals surface area contributed by atoms with Crippen LogP contribution in [-0.4, -0.2) is 42.8 Å². The summed E-state index contributed by atoms with van der Waals surface area (Å²) in [5.74, 6) is 1.38. The Morgan fingerprint density at radius 1 is 1.03 bits per heavy atom. The lowest BCUT2D eigenvalue weighted by Gasteiger charge is -2.31. The first-order chi connectivity index (χ1) is 17.2. The number of amides is 1. The molecule has 0 saturated carbocycles. The van der Waals surface area contributed by atoms with Crippen LogP contribution in [0.25, 0.3) is 22.1 Å². The van der Waals surface area contributed by atoms with Crippen LogP contribution in [0.2, 0.25) is 0 Å². The van der Waals surface area contributed by atoms with Crippen molar-refractivity contribution < 1.29 is 4.79 Å². The molecule has 0 fully saturated rings. The number of benzene rings is 2. The number of carbonyl (C=O) groups is 1. The first-order valence-electron chi connectivity index (χ1n) is 12.0. The van der Waals surface area contributed by atoms with Crippen molar-refractivity contribution in [1.29, 1.82) is 0 Å². The average Bonchev–Trinajstić information content (AvgIpc) is 3.50. The van der Waals surface area contributed by atoms with E-state index in [0.29, 0.717) is 24.2 Å². The predicted octanol–water partition coefficient (Wildman–Crippen LogP) is 4.27. The number of aryl methyl sites for hydroxylation is 1. The molecule has 0 aliphatic heterocycles. The van der Waals surface area contributed by atoms with Crippen LogP contribution in [0.4, 0.5) is 0 Å². The minimum Gasteiger partial charge on any atom is -0.345 e. The number of pyridine rings is 1.